The number of alkyl halides is 3. The SMILES string of the molecule is NC(=O)[C@H]1CCCN1c1ncc(C(F)(F)F)cc1Cl. The van der Waals surface area contributed by atoms with Gasteiger partial charge in [0, 0.05) is 12.7 Å². The highest BCUT2D eigenvalue weighted by Gasteiger charge is 2.34. The van der Waals surface area contributed by atoms with Crippen LogP contribution in [0.15, 0.2) is 12.3 Å². The molecule has 1 saturated heterocycles. The van der Waals surface area contributed by atoms with Crippen molar-refractivity contribution in [2.45, 2.75) is 25.1 Å². The molecule has 1 atom stereocenters. The van der Waals surface area contributed by atoms with Crippen LogP contribution >= 0.6 is 11.6 Å². The van der Waals surface area contributed by atoms with Crippen LogP contribution in [0.4, 0.5) is 19.0 Å². The molecule has 1 aromatic rings. The van der Waals surface area contributed by atoms with E-state index in [9.17, 15) is 18.0 Å². The van der Waals surface area contributed by atoms with Crippen molar-refractivity contribution < 1.29 is 18.0 Å². The zero-order chi connectivity index (χ0) is 14.2. The summed E-state index contributed by atoms with van der Waals surface area (Å²) in [5.41, 5.74) is 4.32. The maximum atomic E-state index is 12.5. The number of pyridine rings is 1. The number of aromatic nitrogens is 1. The van der Waals surface area contributed by atoms with Crippen molar-refractivity contribution in [1.82, 2.24) is 4.98 Å². The molecule has 2 rings (SSSR count). The number of primary amides is 1. The average molecular weight is 294 g/mol. The third-order valence-corrected chi connectivity index (χ3v) is 3.28. The van der Waals surface area contributed by atoms with E-state index in [4.69, 9.17) is 17.3 Å². The first-order valence-corrected chi connectivity index (χ1v) is 5.97. The van der Waals surface area contributed by atoms with Crippen molar-refractivity contribution in [2.24, 2.45) is 5.73 Å². The van der Waals surface area contributed by atoms with Gasteiger partial charge in [0.25, 0.3) is 0 Å². The molecular weight excluding hydrogens is 283 g/mol. The van der Waals surface area contributed by atoms with Gasteiger partial charge in [-0.25, -0.2) is 4.98 Å². The standard InChI is InChI=1S/C11H11ClF3N3O/c12-7-4-6(11(13,14)15)5-17-10(7)18-3-1-2-8(18)9(16)19/h4-5,8H,1-3H2,(H2,16,19)/t8-/m1/s1. The van der Waals surface area contributed by atoms with E-state index in [-0.39, 0.29) is 10.8 Å². The largest absolute Gasteiger partial charge is 0.417 e. The van der Waals surface area contributed by atoms with E-state index in [1.165, 1.54) is 0 Å². The van der Waals surface area contributed by atoms with E-state index in [1.54, 1.807) is 4.90 Å². The first-order chi connectivity index (χ1) is 8.80. The number of nitrogens with zero attached hydrogens (tertiary/aromatic N) is 2. The topological polar surface area (TPSA) is 59.2 Å². The van der Waals surface area contributed by atoms with Crippen LogP contribution in [0, 0.1) is 0 Å². The molecule has 0 radical (unpaired) electrons. The molecule has 1 aliphatic rings. The van der Waals surface area contributed by atoms with Crippen LogP contribution in [0.25, 0.3) is 0 Å². The Morgan fingerprint density at radius 1 is 1.53 bits per heavy atom. The highest BCUT2D eigenvalue weighted by Crippen LogP contribution is 2.35. The molecule has 8 heteroatoms. The number of nitrogens with two attached hydrogens (primary N) is 1. The molecule has 0 bridgehead atoms. The van der Waals surface area contributed by atoms with Crippen molar-refractivity contribution in [1.29, 1.82) is 0 Å². The summed E-state index contributed by atoms with van der Waals surface area (Å²) in [5.74, 6) is -0.369. The number of carbonyl (C=O) groups is 1. The normalized spacial score (nSPS) is 19.8. The molecule has 4 nitrogen and oxygen atoms in total. The Hall–Kier alpha value is -1.50. The Balaban J connectivity index is 2.34. The lowest BCUT2D eigenvalue weighted by Gasteiger charge is -2.24. The molecule has 0 spiro atoms. The number of hydrogen-bond donors (Lipinski definition) is 1. The molecule has 2 heterocycles. The van der Waals surface area contributed by atoms with Gasteiger partial charge in [0.15, 0.2) is 0 Å². The van der Waals surface area contributed by atoms with E-state index < -0.39 is 23.7 Å². The predicted molar refractivity (Wildman–Crippen MR) is 63.8 cm³/mol. The second-order valence-electron chi connectivity index (χ2n) is 4.28. The van der Waals surface area contributed by atoms with Crippen LogP contribution in [0.3, 0.4) is 0 Å². The number of halogens is 4. The van der Waals surface area contributed by atoms with Crippen molar-refractivity contribution in [3.63, 3.8) is 0 Å². The average Bonchev–Trinajstić information content (AvgIpc) is 2.76. The summed E-state index contributed by atoms with van der Waals surface area (Å²) >= 11 is 5.83. The third kappa shape index (κ3) is 2.75. The maximum Gasteiger partial charge on any atom is 0.417 e. The monoisotopic (exact) mass is 293 g/mol. The van der Waals surface area contributed by atoms with Gasteiger partial charge in [0.05, 0.1) is 10.6 Å². The molecule has 0 aromatic carbocycles. The smallest absolute Gasteiger partial charge is 0.368 e. The van der Waals surface area contributed by atoms with E-state index >= 15 is 0 Å². The van der Waals surface area contributed by atoms with Gasteiger partial charge < -0.3 is 10.6 Å². The van der Waals surface area contributed by atoms with Crippen LogP contribution in [0.5, 0.6) is 0 Å². The molecule has 0 aliphatic carbocycles. The molecule has 0 saturated carbocycles. The number of rotatable bonds is 2. The zero-order valence-electron chi connectivity index (χ0n) is 9.75. The highest BCUT2D eigenvalue weighted by atomic mass is 35.5. The summed E-state index contributed by atoms with van der Waals surface area (Å²) in [6.45, 7) is 0.492. The highest BCUT2D eigenvalue weighted by molar-refractivity contribution is 6.33. The number of anilines is 1. The van der Waals surface area contributed by atoms with Crippen LogP contribution in [-0.4, -0.2) is 23.5 Å². The molecule has 1 aromatic heterocycles. The van der Waals surface area contributed by atoms with Crippen molar-refractivity contribution in [3.05, 3.63) is 22.8 Å². The predicted octanol–water partition coefficient (Wildman–Crippen LogP) is 2.21. The molecule has 0 unspecified atom stereocenters. The second kappa shape index (κ2) is 4.88. The molecule has 1 aliphatic heterocycles. The molecular formula is C11H11ClF3N3O. The maximum absolute atomic E-state index is 12.5. The first-order valence-electron chi connectivity index (χ1n) is 5.59. The molecule has 19 heavy (non-hydrogen) atoms. The first kappa shape index (κ1) is 13.9. The van der Waals surface area contributed by atoms with Gasteiger partial charge in [0.2, 0.25) is 5.91 Å². The van der Waals surface area contributed by atoms with Gasteiger partial charge >= 0.3 is 6.18 Å². The van der Waals surface area contributed by atoms with Crippen LogP contribution in [-0.2, 0) is 11.0 Å². The number of amides is 1. The molecule has 104 valence electrons. The minimum absolute atomic E-state index is 0.136. The van der Waals surface area contributed by atoms with Gasteiger partial charge in [-0.3, -0.25) is 4.79 Å². The third-order valence-electron chi connectivity index (χ3n) is 3.00. The van der Waals surface area contributed by atoms with Gasteiger partial charge in [-0.2, -0.15) is 13.2 Å². The Morgan fingerprint density at radius 2 is 2.21 bits per heavy atom. The Bertz CT molecular complexity index is 506. The van der Waals surface area contributed by atoms with Gasteiger partial charge in [-0.15, -0.1) is 0 Å². The summed E-state index contributed by atoms with van der Waals surface area (Å²) in [7, 11) is 0. The second-order valence-corrected chi connectivity index (χ2v) is 4.69. The molecule has 2 N–H and O–H groups in total. The van der Waals surface area contributed by atoms with Gasteiger partial charge in [0.1, 0.15) is 11.9 Å². The molecule has 1 amide bonds. The number of hydrogen-bond acceptors (Lipinski definition) is 3. The zero-order valence-corrected chi connectivity index (χ0v) is 10.5. The minimum Gasteiger partial charge on any atom is -0.368 e. The van der Waals surface area contributed by atoms with Gasteiger partial charge in [-0.05, 0) is 18.9 Å². The lowest BCUT2D eigenvalue weighted by molar-refractivity contribution is -0.137. The van der Waals surface area contributed by atoms with Crippen molar-refractivity contribution in [3.8, 4) is 0 Å². The van der Waals surface area contributed by atoms with E-state index in [1.807, 2.05) is 0 Å². The van der Waals surface area contributed by atoms with E-state index in [0.29, 0.717) is 25.6 Å². The quantitative estimate of drug-likeness (QED) is 0.909. The summed E-state index contributed by atoms with van der Waals surface area (Å²) in [6, 6.07) is 0.238. The Morgan fingerprint density at radius 3 is 2.74 bits per heavy atom. The fraction of sp³-hybridized carbons (Fsp3) is 0.455. The summed E-state index contributed by atoms with van der Waals surface area (Å²) in [4.78, 5) is 16.5. The number of carbonyl (C=O) groups excluding carboxylic acids is 1. The van der Waals surface area contributed by atoms with Crippen LogP contribution in [0.1, 0.15) is 18.4 Å². The minimum atomic E-state index is -4.50. The van der Waals surface area contributed by atoms with Crippen molar-refractivity contribution >= 4 is 23.3 Å². The fourth-order valence-electron chi connectivity index (χ4n) is 2.11. The fourth-order valence-corrected chi connectivity index (χ4v) is 2.39. The Kier molecular flexibility index (Phi) is 3.58. The van der Waals surface area contributed by atoms with E-state index in [0.717, 1.165) is 6.07 Å². The Labute approximate surface area is 112 Å². The molecule has 1 fully saturated rings. The van der Waals surface area contributed by atoms with Crippen molar-refractivity contribution in [2.75, 3.05) is 11.4 Å². The summed E-state index contributed by atoms with van der Waals surface area (Å²) in [5, 5.41) is -0.136. The summed E-state index contributed by atoms with van der Waals surface area (Å²) in [6.07, 6.45) is -2.53. The lowest BCUT2D eigenvalue weighted by atomic mass is 10.2. The van der Waals surface area contributed by atoms with Crippen LogP contribution in [0.2, 0.25) is 5.02 Å². The van der Waals surface area contributed by atoms with Crippen LogP contribution < -0.4 is 10.6 Å². The van der Waals surface area contributed by atoms with Gasteiger partial charge in [-0.1, -0.05) is 11.6 Å². The summed E-state index contributed by atoms with van der Waals surface area (Å²) < 4.78 is 37.5. The van der Waals surface area contributed by atoms with E-state index in [2.05, 4.69) is 4.98 Å². The lowest BCUT2D eigenvalue weighted by Crippen LogP contribution is -2.40.